The molecular weight excluding hydrogens is 610 g/mol. The number of carbonyl (C=O) groups excluding carboxylic acids is 1. The molecule has 0 aliphatic carbocycles. The summed E-state index contributed by atoms with van der Waals surface area (Å²) >= 11 is 14.3. The van der Waals surface area contributed by atoms with Crippen LogP contribution in [-0.4, -0.2) is 21.2 Å². The summed E-state index contributed by atoms with van der Waals surface area (Å²) in [6.07, 6.45) is 0.753. The van der Waals surface area contributed by atoms with E-state index in [4.69, 9.17) is 0 Å². The number of halogens is 3. The molecule has 0 spiro atoms. The van der Waals surface area contributed by atoms with Crippen molar-refractivity contribution in [3.63, 3.8) is 0 Å². The normalized spacial score (nSPS) is 7.32. The van der Waals surface area contributed by atoms with Crippen molar-refractivity contribution in [2.24, 2.45) is 0 Å². The van der Waals surface area contributed by atoms with Gasteiger partial charge in [-0.15, -0.1) is 34.0 Å². The van der Waals surface area contributed by atoms with Crippen LogP contribution in [-0.2, 0) is 0 Å². The molecule has 0 amide bonds. The molecule has 0 N–H and O–H groups in total. The first-order valence-corrected chi connectivity index (χ1v) is 10.6. The highest BCUT2D eigenvalue weighted by molar-refractivity contribution is 9.11. The molecule has 3 heterocycles. The maximum Gasteiger partial charge on any atom is 0.169 e. The summed E-state index contributed by atoms with van der Waals surface area (Å²) in [5.74, 6) is 0. The third-order valence-electron chi connectivity index (χ3n) is 1.80. The molecule has 10 heteroatoms. The summed E-state index contributed by atoms with van der Waals surface area (Å²) in [4.78, 5) is 21.9. The van der Waals surface area contributed by atoms with Gasteiger partial charge in [-0.25, -0.2) is 15.0 Å². The fourth-order valence-electron chi connectivity index (χ4n) is 1.01. The van der Waals surface area contributed by atoms with Crippen molar-refractivity contribution in [2.75, 3.05) is 0 Å². The van der Waals surface area contributed by atoms with Crippen molar-refractivity contribution in [1.29, 1.82) is 0 Å². The van der Waals surface area contributed by atoms with E-state index in [1.807, 2.05) is 24.6 Å². The Hall–Kier alpha value is -0.000000000000000194. The lowest BCUT2D eigenvalue weighted by atomic mass is 10.6. The van der Waals surface area contributed by atoms with Gasteiger partial charge in [0.2, 0.25) is 0 Å². The van der Waals surface area contributed by atoms with Crippen LogP contribution < -0.4 is 0 Å². The second kappa shape index (κ2) is 23.3. The molecule has 0 unspecified atom stereocenters. The maximum absolute atomic E-state index is 9.96. The molecule has 0 aromatic carbocycles. The molecule has 0 saturated heterocycles. The number of nitrogens with zero attached hydrogens (tertiary/aromatic N) is 3. The van der Waals surface area contributed by atoms with Crippen molar-refractivity contribution in [2.45, 2.75) is 58.4 Å². The van der Waals surface area contributed by atoms with E-state index >= 15 is 0 Å². The predicted octanol–water partition coefficient (Wildman–Crippen LogP) is 9.96. The first-order valence-electron chi connectivity index (χ1n) is 5.62. The second-order valence-electron chi connectivity index (χ2n) is 3.52. The summed E-state index contributed by atoms with van der Waals surface area (Å²) < 4.78 is 2.75. The smallest absolute Gasteiger partial charge is 0.169 e. The molecule has 3 aromatic rings. The van der Waals surface area contributed by atoms with Gasteiger partial charge in [-0.3, -0.25) is 4.79 Å². The number of hydrogen-bond acceptors (Lipinski definition) is 7. The van der Waals surface area contributed by atoms with E-state index in [9.17, 15) is 4.79 Å². The topological polar surface area (TPSA) is 55.7 Å². The lowest BCUT2D eigenvalue weighted by Gasteiger charge is -1.70. The van der Waals surface area contributed by atoms with E-state index in [-0.39, 0.29) is 44.6 Å². The molecule has 0 aliphatic rings. The third-order valence-corrected chi connectivity index (χ3v) is 6.15. The minimum atomic E-state index is 0. The van der Waals surface area contributed by atoms with E-state index < -0.39 is 0 Å². The average molecular weight is 644 g/mol. The van der Waals surface area contributed by atoms with Crippen molar-refractivity contribution in [1.82, 2.24) is 15.0 Å². The van der Waals surface area contributed by atoms with E-state index in [2.05, 4.69) is 62.7 Å². The zero-order valence-corrected chi connectivity index (χ0v) is 18.6. The average Bonchev–Trinajstić information content (AvgIpc) is 3.15. The third kappa shape index (κ3) is 19.3. The van der Waals surface area contributed by atoms with Crippen LogP contribution in [0.2, 0.25) is 0 Å². The van der Waals surface area contributed by atoms with E-state index in [1.54, 1.807) is 28.1 Å². The van der Waals surface area contributed by atoms with Crippen LogP contribution in [0, 0.1) is 13.8 Å². The zero-order chi connectivity index (χ0) is 16.5. The Morgan fingerprint density at radius 3 is 1.29 bits per heavy atom. The van der Waals surface area contributed by atoms with Crippen LogP contribution in [0.15, 0.2) is 29.3 Å². The van der Waals surface area contributed by atoms with Crippen LogP contribution in [0.4, 0.5) is 0 Å². The van der Waals surface area contributed by atoms with Crippen LogP contribution >= 0.6 is 81.8 Å². The minimum absolute atomic E-state index is 0. The minimum Gasteiger partial charge on any atom is -0.296 e. The van der Waals surface area contributed by atoms with Gasteiger partial charge in [-0.1, -0.05) is 44.6 Å². The van der Waals surface area contributed by atoms with Crippen molar-refractivity contribution in [3.8, 4) is 0 Å². The quantitative estimate of drug-likeness (QED) is 0.248. The van der Waals surface area contributed by atoms with Crippen LogP contribution in [0.5, 0.6) is 0 Å². The summed E-state index contributed by atoms with van der Waals surface area (Å²) in [5, 5.41) is 7.67. The molecule has 28 heavy (non-hydrogen) atoms. The van der Waals surface area contributed by atoms with Gasteiger partial charge >= 0.3 is 0 Å². The number of hydrogen-bond donors (Lipinski definition) is 0. The predicted molar refractivity (Wildman–Crippen MR) is 145 cm³/mol. The SMILES string of the molecule is Brc1csc(Br)n1.C.C.C.C.C.C.Cc1nc(Br)cs1.Cc1nc(C=O)cs1. The highest BCUT2D eigenvalue weighted by atomic mass is 79.9. The molecule has 0 fully saturated rings. The summed E-state index contributed by atoms with van der Waals surface area (Å²) in [6.45, 7) is 3.85. The monoisotopic (exact) mass is 641 g/mol. The molecule has 3 aromatic heterocycles. The largest absolute Gasteiger partial charge is 0.296 e. The van der Waals surface area contributed by atoms with E-state index in [0.717, 1.165) is 29.4 Å². The Kier molecular flexibility index (Phi) is 35.1. The van der Waals surface area contributed by atoms with Crippen molar-refractivity contribution >= 4 is 88.1 Å². The van der Waals surface area contributed by atoms with Gasteiger partial charge in [0.25, 0.3) is 0 Å². The Morgan fingerprint density at radius 1 is 0.714 bits per heavy atom. The molecule has 4 nitrogen and oxygen atoms in total. The van der Waals surface area contributed by atoms with E-state index in [1.165, 1.54) is 11.3 Å². The molecule has 3 rings (SSSR count). The molecular formula is C18H34Br3N3OS3. The number of thiazole rings is 3. The first kappa shape index (κ1) is 42.2. The highest BCUT2D eigenvalue weighted by Gasteiger charge is 1.92. The number of aromatic nitrogens is 3. The van der Waals surface area contributed by atoms with Gasteiger partial charge in [0.1, 0.15) is 14.9 Å². The number of rotatable bonds is 1. The van der Waals surface area contributed by atoms with Crippen LogP contribution in [0.25, 0.3) is 0 Å². The Bertz CT molecular complexity index is 644. The summed E-state index contributed by atoms with van der Waals surface area (Å²) in [7, 11) is 0. The summed E-state index contributed by atoms with van der Waals surface area (Å²) in [5.41, 5.74) is 0.535. The molecule has 0 atom stereocenters. The number of aldehydes is 1. The highest BCUT2D eigenvalue weighted by Crippen LogP contribution is 2.19. The van der Waals surface area contributed by atoms with Gasteiger partial charge in [0.15, 0.2) is 10.2 Å². The number of carbonyl (C=O) groups is 1. The zero-order valence-electron chi connectivity index (χ0n) is 11.4. The first-order chi connectivity index (χ1) is 10.4. The van der Waals surface area contributed by atoms with Gasteiger partial charge in [-0.2, -0.15) is 0 Å². The van der Waals surface area contributed by atoms with E-state index in [0.29, 0.717) is 5.69 Å². The van der Waals surface area contributed by atoms with Crippen molar-refractivity contribution < 1.29 is 4.79 Å². The van der Waals surface area contributed by atoms with Crippen LogP contribution in [0.3, 0.4) is 0 Å². The Balaban J connectivity index is -0.0000000587. The van der Waals surface area contributed by atoms with Gasteiger partial charge in [-0.05, 0) is 61.6 Å². The lowest BCUT2D eigenvalue weighted by Crippen LogP contribution is -1.75. The number of aryl methyl sites for hydroxylation is 2. The molecule has 0 aliphatic heterocycles. The fraction of sp³-hybridized carbons (Fsp3) is 0.444. The van der Waals surface area contributed by atoms with Crippen molar-refractivity contribution in [3.05, 3.63) is 45.0 Å². The lowest BCUT2D eigenvalue weighted by molar-refractivity contribution is 0.111. The maximum atomic E-state index is 9.96. The molecule has 0 radical (unpaired) electrons. The molecule has 0 bridgehead atoms. The summed E-state index contributed by atoms with van der Waals surface area (Å²) in [6, 6.07) is 0. The van der Waals surface area contributed by atoms with Gasteiger partial charge < -0.3 is 0 Å². The Morgan fingerprint density at radius 2 is 1.14 bits per heavy atom. The van der Waals surface area contributed by atoms with Gasteiger partial charge in [0, 0.05) is 16.1 Å². The van der Waals surface area contributed by atoms with Crippen LogP contribution in [0.1, 0.15) is 65.1 Å². The molecule has 166 valence electrons. The van der Waals surface area contributed by atoms with Gasteiger partial charge in [0.05, 0.1) is 10.0 Å². The fourth-order valence-corrected chi connectivity index (χ4v) is 4.38. The second-order valence-corrected chi connectivity index (χ2v) is 9.41. The molecule has 0 saturated carbocycles. The standard InChI is InChI=1S/C5H5NOS.C4H4BrNS.C3HBr2NS.6CH4/c1-4-6-5(2-7)3-8-4;1-3-6-4(5)2-7-3;4-2-1-7-3(5)6-2;;;;;;/h2-3H,1H3;2H,1H3;1H;6*1H4. The Labute approximate surface area is 209 Å².